The number of rotatable bonds is 2. The molecule has 4 nitrogen and oxygen atoms in total. The molecule has 1 radical (unpaired) electrons. The van der Waals surface area contributed by atoms with E-state index in [0.29, 0.717) is 0 Å². The summed E-state index contributed by atoms with van der Waals surface area (Å²) in [6.45, 7) is 0.944. The molecule has 9 heavy (non-hydrogen) atoms. The van der Waals surface area contributed by atoms with Crippen molar-refractivity contribution in [3.8, 4) is 0 Å². The van der Waals surface area contributed by atoms with Gasteiger partial charge in [-0.1, -0.05) is 0 Å². The van der Waals surface area contributed by atoms with Crippen LogP contribution in [0.3, 0.4) is 0 Å². The monoisotopic (exact) mass is 179 g/mol. The Morgan fingerprint density at radius 1 is 0.556 bits per heavy atom. The molecule has 0 aromatic carbocycles. The molecule has 0 rings (SSSR count). The van der Waals surface area contributed by atoms with Gasteiger partial charge in [0.1, 0.15) is 0 Å². The molecule has 0 fully saturated rings. The maximum Gasteiger partial charge on any atom is 2.00 e. The van der Waals surface area contributed by atoms with Crippen molar-refractivity contribution < 1.29 is 17.1 Å². The first-order chi connectivity index (χ1) is 3.83. The summed E-state index contributed by atoms with van der Waals surface area (Å²) in [6, 6.07) is 0. The van der Waals surface area contributed by atoms with Crippen molar-refractivity contribution in [1.82, 2.24) is 0 Å². The Balaban J connectivity index is -0.0000000720. The smallest absolute Gasteiger partial charge is 0.679 e. The number of hydrogen-bond donors (Lipinski definition) is 0. The third kappa shape index (κ3) is 60.7. The zero-order chi connectivity index (χ0) is 6.83. The van der Waals surface area contributed by atoms with Crippen molar-refractivity contribution >= 4 is 0 Å². The van der Waals surface area contributed by atoms with Crippen LogP contribution in [0.2, 0.25) is 0 Å². The second-order valence-electron chi connectivity index (χ2n) is 1.000. The van der Waals surface area contributed by atoms with Crippen molar-refractivity contribution in [2.45, 2.75) is 0 Å². The summed E-state index contributed by atoms with van der Waals surface area (Å²) in [7, 11) is 0. The predicted molar refractivity (Wildman–Crippen MR) is 36.8 cm³/mol. The van der Waals surface area contributed by atoms with E-state index in [0.717, 1.165) is 0 Å². The van der Waals surface area contributed by atoms with Gasteiger partial charge in [0, 0.05) is 0 Å². The van der Waals surface area contributed by atoms with E-state index in [1.54, 1.807) is 0 Å². The number of hydrogen-bond acceptors (Lipinski definition) is 0. The molecule has 0 saturated heterocycles. The van der Waals surface area contributed by atoms with E-state index in [9.17, 15) is 0 Å². The van der Waals surface area contributed by atoms with Crippen LogP contribution in [0.15, 0.2) is 0 Å². The van der Waals surface area contributed by atoms with Crippen LogP contribution in [0, 0.1) is 0 Å². The Morgan fingerprint density at radius 2 is 0.667 bits per heavy atom. The first kappa shape index (κ1) is 16.2. The van der Waals surface area contributed by atoms with Gasteiger partial charge in [0.25, 0.3) is 0 Å². The molecule has 0 spiro atoms. The molecule has 0 atom stereocenters. The summed E-state index contributed by atoms with van der Waals surface area (Å²) < 4.78 is 0. The Hall–Kier alpha value is 0.359. The van der Waals surface area contributed by atoms with Crippen LogP contribution in [0.4, 0.5) is 0 Å². The van der Waals surface area contributed by atoms with E-state index in [1.807, 2.05) is 0 Å². The van der Waals surface area contributed by atoms with E-state index in [-0.39, 0.29) is 43.2 Å². The summed E-state index contributed by atoms with van der Waals surface area (Å²) >= 11 is 0. The third-order valence-corrected chi connectivity index (χ3v) is 0.250. The minimum atomic E-state index is 0. The fourth-order valence-corrected chi connectivity index (χ4v) is 0. The van der Waals surface area contributed by atoms with E-state index < -0.39 is 0 Å². The molecule has 0 aliphatic carbocycles. The summed E-state index contributed by atoms with van der Waals surface area (Å²) in [5.74, 6) is 0. The molecule has 0 aliphatic rings. The molecular weight excluding hydrogens is 168 g/mol. The average Bonchev–Trinajstić information content (AvgIpc) is 1.88. The maximum atomic E-state index is 6.26. The predicted octanol–water partition coefficient (Wildman–Crippen LogP) is 2.18. The maximum absolute atomic E-state index is 6.26. The minimum absolute atomic E-state index is 0. The Morgan fingerprint density at radius 3 is 0.667 bits per heavy atom. The average molecular weight is 180 g/mol. The molecular formula is C4H12CuN4-2. The summed E-state index contributed by atoms with van der Waals surface area (Å²) in [6.07, 6.45) is 0. The number of nitrogens with one attached hydrogen (secondary N) is 4. The molecule has 0 bridgehead atoms. The molecule has 0 aliphatic heterocycles. The van der Waals surface area contributed by atoms with Gasteiger partial charge in [-0.2, -0.15) is 26.2 Å². The molecule has 0 unspecified atom stereocenters. The molecule has 0 heterocycles. The van der Waals surface area contributed by atoms with Crippen molar-refractivity contribution in [2.24, 2.45) is 0 Å². The molecule has 0 aromatic rings. The Bertz CT molecular complexity index is 20.5. The van der Waals surface area contributed by atoms with Crippen LogP contribution < -0.4 is 0 Å². The van der Waals surface area contributed by atoms with Gasteiger partial charge in [-0.25, -0.2) is 0 Å². The summed E-state index contributed by atoms with van der Waals surface area (Å²) in [4.78, 5) is 0. The second-order valence-corrected chi connectivity index (χ2v) is 1.000. The molecule has 4 N–H and O–H groups in total. The van der Waals surface area contributed by atoms with Gasteiger partial charge < -0.3 is 22.9 Å². The van der Waals surface area contributed by atoms with Gasteiger partial charge in [-0.15, -0.1) is 0 Å². The van der Waals surface area contributed by atoms with Gasteiger partial charge in [-0.3, -0.25) is 0 Å². The topological polar surface area (TPSA) is 95.2 Å². The first-order valence-electron chi connectivity index (χ1n) is 2.41. The minimum Gasteiger partial charge on any atom is -0.679 e. The standard InChI is InChI=1S/2C2H6N2.Cu/c2*3-1-2-4;/h2*3-4H,1-2H2;/q2*-2;+2. The van der Waals surface area contributed by atoms with Crippen molar-refractivity contribution in [2.75, 3.05) is 26.2 Å². The SMILES string of the molecule is [Cu+2].[NH-]CC[NH-].[NH-]CC[NH-]. The Labute approximate surface area is 66.8 Å². The third-order valence-electron chi connectivity index (χ3n) is 0.250. The normalized spacial score (nSPS) is 6.67. The van der Waals surface area contributed by atoms with Crippen LogP contribution in [0.5, 0.6) is 0 Å². The van der Waals surface area contributed by atoms with Gasteiger partial charge in [0.05, 0.1) is 0 Å². The van der Waals surface area contributed by atoms with Crippen molar-refractivity contribution in [3.63, 3.8) is 0 Å². The molecule has 61 valence electrons. The van der Waals surface area contributed by atoms with Crippen LogP contribution in [0.25, 0.3) is 22.9 Å². The molecule has 0 saturated carbocycles. The molecule has 0 amide bonds. The molecule has 5 heteroatoms. The summed E-state index contributed by atoms with van der Waals surface area (Å²) in [5, 5.41) is 0. The summed E-state index contributed by atoms with van der Waals surface area (Å²) in [5.41, 5.74) is 25.1. The Kier molecular flexibility index (Phi) is 42.8. The fourth-order valence-electron chi connectivity index (χ4n) is 0. The zero-order valence-corrected chi connectivity index (χ0v) is 6.07. The van der Waals surface area contributed by atoms with Gasteiger partial charge >= 0.3 is 17.1 Å². The van der Waals surface area contributed by atoms with E-state index in [4.69, 9.17) is 22.9 Å². The second kappa shape index (κ2) is 23.8. The van der Waals surface area contributed by atoms with Crippen molar-refractivity contribution in [1.29, 1.82) is 0 Å². The fraction of sp³-hybridized carbons (Fsp3) is 1.00. The molecule has 0 aromatic heterocycles. The van der Waals surface area contributed by atoms with Crippen LogP contribution in [-0.4, -0.2) is 26.2 Å². The zero-order valence-electron chi connectivity index (χ0n) is 5.13. The van der Waals surface area contributed by atoms with Crippen LogP contribution >= 0.6 is 0 Å². The van der Waals surface area contributed by atoms with Crippen LogP contribution in [-0.2, 0) is 17.1 Å². The quantitative estimate of drug-likeness (QED) is 0.581. The van der Waals surface area contributed by atoms with E-state index in [2.05, 4.69) is 0 Å². The first-order valence-corrected chi connectivity index (χ1v) is 2.41. The van der Waals surface area contributed by atoms with Crippen molar-refractivity contribution in [3.05, 3.63) is 22.9 Å². The van der Waals surface area contributed by atoms with Gasteiger partial charge in [0.2, 0.25) is 0 Å². The largest absolute Gasteiger partial charge is 2.00 e. The van der Waals surface area contributed by atoms with Gasteiger partial charge in [0.15, 0.2) is 0 Å². The van der Waals surface area contributed by atoms with E-state index in [1.165, 1.54) is 0 Å². The van der Waals surface area contributed by atoms with Crippen LogP contribution in [0.1, 0.15) is 0 Å². The van der Waals surface area contributed by atoms with E-state index >= 15 is 0 Å². The van der Waals surface area contributed by atoms with Gasteiger partial charge in [-0.05, 0) is 0 Å².